The summed E-state index contributed by atoms with van der Waals surface area (Å²) in [6.07, 6.45) is 4.83. The molecule has 0 spiro atoms. The van der Waals surface area contributed by atoms with E-state index < -0.39 is 24.2 Å². The molecule has 2 aromatic rings. The first-order valence-electron chi connectivity index (χ1n) is 8.21. The highest BCUT2D eigenvalue weighted by atomic mass is 79.9. The third-order valence-electron chi connectivity index (χ3n) is 4.80. The number of carbonyl (C=O) groups is 1. The van der Waals surface area contributed by atoms with E-state index in [1.165, 1.54) is 0 Å². The van der Waals surface area contributed by atoms with E-state index in [-0.39, 0.29) is 18.4 Å². The Morgan fingerprint density at radius 1 is 1.50 bits per heavy atom. The molecule has 26 heavy (non-hydrogen) atoms. The molecule has 1 amide bonds. The van der Waals surface area contributed by atoms with Gasteiger partial charge in [0.15, 0.2) is 0 Å². The summed E-state index contributed by atoms with van der Waals surface area (Å²) >= 11 is 3.53. The smallest absolute Gasteiger partial charge is 0.260 e. The summed E-state index contributed by atoms with van der Waals surface area (Å²) in [7, 11) is 0. The number of pyridine rings is 1. The standard InChI is InChI=1S/C16H18BrF2N5O.ClH/c17-10-5-21-14-12(13(10)24-3-1-2-8(20)7-24)11(6-22-14)23-15(25)9-4-16(9,18)19;/h5-6,8-9H,1-4,7,20H2,(H,21,22)(H,23,25);1H. The van der Waals surface area contributed by atoms with E-state index in [9.17, 15) is 13.6 Å². The van der Waals surface area contributed by atoms with Crippen LogP contribution in [0.5, 0.6) is 0 Å². The number of nitrogens with zero attached hydrogens (tertiary/aromatic N) is 2. The Morgan fingerprint density at radius 2 is 2.23 bits per heavy atom. The van der Waals surface area contributed by atoms with E-state index in [0.717, 1.165) is 29.5 Å². The van der Waals surface area contributed by atoms with Gasteiger partial charge in [-0.05, 0) is 28.8 Å². The van der Waals surface area contributed by atoms with Crippen LogP contribution in [-0.2, 0) is 4.79 Å². The van der Waals surface area contributed by atoms with Crippen molar-refractivity contribution in [2.24, 2.45) is 11.7 Å². The predicted molar refractivity (Wildman–Crippen MR) is 102 cm³/mol. The summed E-state index contributed by atoms with van der Waals surface area (Å²) in [6, 6.07) is 0.0750. The van der Waals surface area contributed by atoms with Crippen LogP contribution in [0.15, 0.2) is 16.9 Å². The number of rotatable bonds is 3. The zero-order valence-corrected chi connectivity index (χ0v) is 16.2. The van der Waals surface area contributed by atoms with E-state index in [2.05, 4.69) is 36.1 Å². The molecule has 1 saturated heterocycles. The first-order chi connectivity index (χ1) is 11.9. The van der Waals surface area contributed by atoms with Crippen molar-refractivity contribution in [1.82, 2.24) is 9.97 Å². The summed E-state index contributed by atoms with van der Waals surface area (Å²) in [6.45, 7) is 1.53. The number of halogens is 4. The fraction of sp³-hybridized carbons (Fsp3) is 0.500. The maximum absolute atomic E-state index is 13.2. The van der Waals surface area contributed by atoms with Crippen molar-refractivity contribution in [2.45, 2.75) is 31.2 Å². The Labute approximate surface area is 163 Å². The Morgan fingerprint density at radius 3 is 2.88 bits per heavy atom. The van der Waals surface area contributed by atoms with Crippen LogP contribution in [0.2, 0.25) is 0 Å². The number of piperidine rings is 1. The average Bonchev–Trinajstić information content (AvgIpc) is 3.02. The zero-order chi connectivity index (χ0) is 17.8. The summed E-state index contributed by atoms with van der Waals surface area (Å²) in [5, 5.41) is 3.34. The number of aromatic nitrogens is 2. The molecule has 0 bridgehead atoms. The van der Waals surface area contributed by atoms with Crippen molar-refractivity contribution in [3.63, 3.8) is 0 Å². The number of H-pyrrole nitrogens is 1. The molecule has 1 aliphatic carbocycles. The minimum atomic E-state index is -2.89. The lowest BCUT2D eigenvalue weighted by molar-refractivity contribution is -0.119. The lowest BCUT2D eigenvalue weighted by atomic mass is 10.1. The van der Waals surface area contributed by atoms with Gasteiger partial charge in [0, 0.05) is 37.9 Å². The van der Waals surface area contributed by atoms with Crippen molar-refractivity contribution in [2.75, 3.05) is 23.3 Å². The van der Waals surface area contributed by atoms with Crippen LogP contribution in [0, 0.1) is 5.92 Å². The quantitative estimate of drug-likeness (QED) is 0.670. The summed E-state index contributed by atoms with van der Waals surface area (Å²) in [4.78, 5) is 21.5. The normalized spacial score (nSPS) is 24.2. The van der Waals surface area contributed by atoms with E-state index in [1.54, 1.807) is 12.4 Å². The lowest BCUT2D eigenvalue weighted by Gasteiger charge is -2.33. The van der Waals surface area contributed by atoms with Crippen LogP contribution in [0.1, 0.15) is 19.3 Å². The number of nitrogens with two attached hydrogens (primary N) is 1. The monoisotopic (exact) mass is 449 g/mol. The van der Waals surface area contributed by atoms with Crippen molar-refractivity contribution in [1.29, 1.82) is 0 Å². The second kappa shape index (κ2) is 6.94. The predicted octanol–water partition coefficient (Wildman–Crippen LogP) is 3.27. The van der Waals surface area contributed by atoms with Gasteiger partial charge >= 0.3 is 0 Å². The number of hydrogen-bond acceptors (Lipinski definition) is 4. The molecule has 2 unspecified atom stereocenters. The molecule has 2 fully saturated rings. The van der Waals surface area contributed by atoms with Gasteiger partial charge in [-0.25, -0.2) is 13.8 Å². The number of aromatic amines is 1. The van der Waals surface area contributed by atoms with Gasteiger partial charge in [-0.2, -0.15) is 0 Å². The molecule has 0 radical (unpaired) electrons. The molecule has 2 aromatic heterocycles. The third-order valence-corrected chi connectivity index (χ3v) is 5.38. The fourth-order valence-corrected chi connectivity index (χ4v) is 3.95. The largest absolute Gasteiger partial charge is 0.368 e. The third kappa shape index (κ3) is 3.39. The van der Waals surface area contributed by atoms with Gasteiger partial charge < -0.3 is 20.9 Å². The number of anilines is 2. The highest BCUT2D eigenvalue weighted by molar-refractivity contribution is 9.10. The second-order valence-electron chi connectivity index (χ2n) is 6.74. The minimum absolute atomic E-state index is 0. The highest BCUT2D eigenvalue weighted by Crippen LogP contribution is 2.49. The Kier molecular flexibility index (Phi) is 5.15. The maximum Gasteiger partial charge on any atom is 0.260 e. The summed E-state index contributed by atoms with van der Waals surface area (Å²) < 4.78 is 27.1. The summed E-state index contributed by atoms with van der Waals surface area (Å²) in [5.41, 5.74) is 8.03. The van der Waals surface area contributed by atoms with Gasteiger partial charge in [-0.3, -0.25) is 4.79 Å². The zero-order valence-electron chi connectivity index (χ0n) is 13.8. The molecule has 3 heterocycles. The molecule has 4 N–H and O–H groups in total. The molecule has 4 rings (SSSR count). The molecular weight excluding hydrogens is 432 g/mol. The van der Waals surface area contributed by atoms with Gasteiger partial charge in [0.05, 0.1) is 21.2 Å². The van der Waals surface area contributed by atoms with Gasteiger partial charge in [-0.1, -0.05) is 0 Å². The molecule has 6 nitrogen and oxygen atoms in total. The van der Waals surface area contributed by atoms with Crippen molar-refractivity contribution < 1.29 is 13.6 Å². The summed E-state index contributed by atoms with van der Waals surface area (Å²) in [5.74, 6) is -4.80. The minimum Gasteiger partial charge on any atom is -0.368 e. The maximum atomic E-state index is 13.2. The fourth-order valence-electron chi connectivity index (χ4n) is 3.39. The molecule has 1 saturated carbocycles. The molecule has 142 valence electrons. The van der Waals surface area contributed by atoms with E-state index in [1.807, 2.05) is 0 Å². The molecule has 2 atom stereocenters. The molecule has 1 aliphatic heterocycles. The second-order valence-corrected chi connectivity index (χ2v) is 7.59. The van der Waals surface area contributed by atoms with E-state index in [0.29, 0.717) is 23.3 Å². The highest BCUT2D eigenvalue weighted by Gasteiger charge is 2.61. The topological polar surface area (TPSA) is 87.0 Å². The van der Waals surface area contributed by atoms with Crippen molar-refractivity contribution in [3.05, 3.63) is 16.9 Å². The molecule has 0 aromatic carbocycles. The molecule has 2 aliphatic rings. The number of amides is 1. The van der Waals surface area contributed by atoms with E-state index >= 15 is 0 Å². The van der Waals surface area contributed by atoms with Gasteiger partial charge in [-0.15, -0.1) is 12.4 Å². The molecule has 10 heteroatoms. The lowest BCUT2D eigenvalue weighted by Crippen LogP contribution is -2.43. The number of nitrogens with one attached hydrogen (secondary N) is 2. The van der Waals surface area contributed by atoms with Crippen molar-refractivity contribution in [3.8, 4) is 0 Å². The van der Waals surface area contributed by atoms with Gasteiger partial charge in [0.2, 0.25) is 5.91 Å². The SMILES string of the molecule is Cl.NC1CCCN(c2c(Br)cnc3[nH]cc(NC(=O)C4CC4(F)F)c23)C1. The van der Waals surface area contributed by atoms with Crippen LogP contribution < -0.4 is 16.0 Å². The number of alkyl halides is 2. The van der Waals surface area contributed by atoms with Crippen LogP contribution in [0.4, 0.5) is 20.2 Å². The van der Waals surface area contributed by atoms with Gasteiger partial charge in [0.25, 0.3) is 5.92 Å². The first-order valence-corrected chi connectivity index (χ1v) is 9.01. The Balaban J connectivity index is 0.00000196. The van der Waals surface area contributed by atoms with Crippen LogP contribution >= 0.6 is 28.3 Å². The number of fused-ring (bicyclic) bond motifs is 1. The molecular formula is C16H19BrClF2N5O. The Bertz CT molecular complexity index is 845. The van der Waals surface area contributed by atoms with Crippen molar-refractivity contribution >= 4 is 56.7 Å². The number of hydrogen-bond donors (Lipinski definition) is 3. The van der Waals surface area contributed by atoms with Crippen LogP contribution in [0.3, 0.4) is 0 Å². The van der Waals surface area contributed by atoms with Crippen LogP contribution in [0.25, 0.3) is 11.0 Å². The Hall–Kier alpha value is -1.45. The van der Waals surface area contributed by atoms with Gasteiger partial charge in [0.1, 0.15) is 11.6 Å². The average molecular weight is 451 g/mol. The van der Waals surface area contributed by atoms with Crippen LogP contribution in [-0.4, -0.2) is 40.9 Å². The van der Waals surface area contributed by atoms with E-state index in [4.69, 9.17) is 5.73 Å². The first kappa shape index (κ1) is 19.3. The number of carbonyl (C=O) groups excluding carboxylic acids is 1.